The zero-order chi connectivity index (χ0) is 15.4. The number of urea groups is 1. The molecule has 0 atom stereocenters. The first kappa shape index (κ1) is 15.8. The number of hydrogen-bond donors (Lipinski definition) is 2. The van der Waals surface area contributed by atoms with Crippen LogP contribution in [0.5, 0.6) is 0 Å². The molecule has 2 rings (SSSR count). The van der Waals surface area contributed by atoms with Crippen LogP contribution in [0.3, 0.4) is 0 Å². The number of carbonyl (C=O) groups excluding carboxylic acids is 1. The van der Waals surface area contributed by atoms with E-state index in [0.29, 0.717) is 10.4 Å². The number of hydrogen-bond acceptors (Lipinski definition) is 3. The van der Waals surface area contributed by atoms with Gasteiger partial charge >= 0.3 is 6.03 Å². The SMILES string of the molecule is Cc1ccc(NC(=O)N/N=C/c2cc(Br)c(Br)o2)c(C)c1. The van der Waals surface area contributed by atoms with E-state index in [1.54, 1.807) is 6.07 Å². The van der Waals surface area contributed by atoms with Gasteiger partial charge in [0, 0.05) is 11.8 Å². The van der Waals surface area contributed by atoms with Crippen molar-refractivity contribution >= 4 is 49.8 Å². The van der Waals surface area contributed by atoms with Gasteiger partial charge in [-0.3, -0.25) is 0 Å². The molecule has 5 nitrogen and oxygen atoms in total. The minimum atomic E-state index is -0.414. The predicted octanol–water partition coefficient (Wildman–Crippen LogP) is 4.58. The van der Waals surface area contributed by atoms with Crippen LogP contribution in [0, 0.1) is 13.8 Å². The number of nitrogens with zero attached hydrogens (tertiary/aromatic N) is 1. The summed E-state index contributed by atoms with van der Waals surface area (Å²) in [6.45, 7) is 3.94. The maximum absolute atomic E-state index is 11.7. The molecule has 0 fully saturated rings. The molecule has 1 heterocycles. The van der Waals surface area contributed by atoms with Crippen LogP contribution < -0.4 is 10.7 Å². The highest BCUT2D eigenvalue weighted by Crippen LogP contribution is 2.25. The smallest absolute Gasteiger partial charge is 0.339 e. The van der Waals surface area contributed by atoms with E-state index in [1.807, 2.05) is 32.0 Å². The topological polar surface area (TPSA) is 66.6 Å². The summed E-state index contributed by atoms with van der Waals surface area (Å²) in [6, 6.07) is 7.11. The highest BCUT2D eigenvalue weighted by molar-refractivity contribution is 9.13. The molecule has 0 radical (unpaired) electrons. The number of anilines is 1. The summed E-state index contributed by atoms with van der Waals surface area (Å²) < 4.78 is 6.65. The van der Waals surface area contributed by atoms with Gasteiger partial charge in [-0.2, -0.15) is 5.10 Å². The lowest BCUT2D eigenvalue weighted by Crippen LogP contribution is -2.24. The first-order valence-electron chi connectivity index (χ1n) is 6.08. The van der Waals surface area contributed by atoms with E-state index in [-0.39, 0.29) is 0 Å². The third kappa shape index (κ3) is 4.44. The fourth-order valence-electron chi connectivity index (χ4n) is 1.69. The summed E-state index contributed by atoms with van der Waals surface area (Å²) in [6.07, 6.45) is 1.41. The minimum Gasteiger partial charge on any atom is -0.447 e. The highest BCUT2D eigenvalue weighted by atomic mass is 79.9. The van der Waals surface area contributed by atoms with Crippen LogP contribution in [-0.4, -0.2) is 12.2 Å². The lowest BCUT2D eigenvalue weighted by atomic mass is 10.1. The standard InChI is InChI=1S/C14H13Br2N3O2/c1-8-3-4-12(9(2)5-8)18-14(20)19-17-7-10-6-11(15)13(16)21-10/h3-7H,1-2H3,(H2,18,19,20)/b17-7+. The van der Waals surface area contributed by atoms with Crippen LogP contribution in [-0.2, 0) is 0 Å². The molecule has 0 aliphatic rings. The number of hydrazone groups is 1. The van der Waals surface area contributed by atoms with Gasteiger partial charge in [0.15, 0.2) is 4.67 Å². The fraction of sp³-hybridized carbons (Fsp3) is 0.143. The van der Waals surface area contributed by atoms with E-state index < -0.39 is 6.03 Å². The van der Waals surface area contributed by atoms with Gasteiger partial charge in [-0.25, -0.2) is 10.2 Å². The average molecular weight is 415 g/mol. The summed E-state index contributed by atoms with van der Waals surface area (Å²) in [5.74, 6) is 0.514. The normalized spacial score (nSPS) is 10.9. The van der Waals surface area contributed by atoms with Crippen LogP contribution in [0.15, 0.2) is 42.9 Å². The van der Waals surface area contributed by atoms with Crippen LogP contribution >= 0.6 is 31.9 Å². The molecule has 0 aliphatic heterocycles. The summed E-state index contributed by atoms with van der Waals surface area (Å²) in [5, 5.41) is 6.54. The Kier molecular flexibility index (Phi) is 5.19. The Morgan fingerprint density at radius 2 is 2.05 bits per heavy atom. The molecule has 0 aliphatic carbocycles. The molecule has 0 saturated carbocycles. The Bertz CT molecular complexity index is 676. The van der Waals surface area contributed by atoms with E-state index in [0.717, 1.165) is 21.3 Å². The second kappa shape index (κ2) is 6.91. The first-order valence-corrected chi connectivity index (χ1v) is 7.66. The maximum atomic E-state index is 11.7. The van der Waals surface area contributed by atoms with Crippen molar-refractivity contribution in [2.24, 2.45) is 5.10 Å². The molecule has 21 heavy (non-hydrogen) atoms. The van der Waals surface area contributed by atoms with Crippen LogP contribution in [0.1, 0.15) is 16.9 Å². The van der Waals surface area contributed by atoms with E-state index in [4.69, 9.17) is 4.42 Å². The van der Waals surface area contributed by atoms with Gasteiger partial charge in [0.05, 0.1) is 10.7 Å². The molecule has 1 aromatic heterocycles. The van der Waals surface area contributed by atoms with Gasteiger partial charge in [-0.1, -0.05) is 17.7 Å². The molecular weight excluding hydrogens is 402 g/mol. The summed E-state index contributed by atoms with van der Waals surface area (Å²) in [5.41, 5.74) is 5.26. The lowest BCUT2D eigenvalue weighted by molar-refractivity contribution is 0.252. The van der Waals surface area contributed by atoms with Gasteiger partial charge < -0.3 is 9.73 Å². The van der Waals surface area contributed by atoms with Gasteiger partial charge in [-0.05, 0) is 57.3 Å². The Morgan fingerprint density at radius 1 is 1.29 bits per heavy atom. The Labute approximate surface area is 139 Å². The molecule has 2 aromatic rings. The van der Waals surface area contributed by atoms with Gasteiger partial charge in [0.1, 0.15) is 5.76 Å². The first-order chi connectivity index (χ1) is 9.95. The lowest BCUT2D eigenvalue weighted by Gasteiger charge is -2.08. The van der Waals surface area contributed by atoms with E-state index in [2.05, 4.69) is 47.7 Å². The Morgan fingerprint density at radius 3 is 2.67 bits per heavy atom. The van der Waals surface area contributed by atoms with Crippen LogP contribution in [0.25, 0.3) is 0 Å². The van der Waals surface area contributed by atoms with Crippen molar-refractivity contribution in [1.29, 1.82) is 0 Å². The molecule has 1 aromatic carbocycles. The highest BCUT2D eigenvalue weighted by Gasteiger charge is 2.05. The fourth-order valence-corrected chi connectivity index (χ4v) is 2.29. The second-order valence-electron chi connectivity index (χ2n) is 4.41. The molecular formula is C14H13Br2N3O2. The van der Waals surface area contributed by atoms with Crippen LogP contribution in [0.4, 0.5) is 10.5 Å². The minimum absolute atomic E-state index is 0.414. The third-order valence-corrected chi connectivity index (χ3v) is 4.36. The Balaban J connectivity index is 1.93. The summed E-state index contributed by atoms with van der Waals surface area (Å²) in [4.78, 5) is 11.7. The molecule has 0 saturated heterocycles. The Hall–Kier alpha value is -1.60. The molecule has 110 valence electrons. The molecule has 2 amide bonds. The van der Waals surface area contributed by atoms with E-state index in [9.17, 15) is 4.79 Å². The molecule has 0 spiro atoms. The quantitative estimate of drug-likeness (QED) is 0.570. The van der Waals surface area contributed by atoms with E-state index in [1.165, 1.54) is 6.21 Å². The molecule has 2 N–H and O–H groups in total. The summed E-state index contributed by atoms with van der Waals surface area (Å²) in [7, 11) is 0. The average Bonchev–Trinajstić information content (AvgIpc) is 2.72. The summed E-state index contributed by atoms with van der Waals surface area (Å²) >= 11 is 6.51. The number of amides is 2. The zero-order valence-electron chi connectivity index (χ0n) is 11.4. The number of carbonyl (C=O) groups is 1. The number of nitrogens with one attached hydrogen (secondary N) is 2. The van der Waals surface area contributed by atoms with Crippen molar-refractivity contribution in [1.82, 2.24) is 5.43 Å². The number of benzene rings is 1. The van der Waals surface area contributed by atoms with Gasteiger partial charge in [0.25, 0.3) is 0 Å². The van der Waals surface area contributed by atoms with Crippen molar-refractivity contribution in [3.05, 3.63) is 50.3 Å². The van der Waals surface area contributed by atoms with E-state index >= 15 is 0 Å². The molecule has 0 bridgehead atoms. The van der Waals surface area contributed by atoms with Crippen molar-refractivity contribution in [3.63, 3.8) is 0 Å². The van der Waals surface area contributed by atoms with Crippen LogP contribution in [0.2, 0.25) is 0 Å². The number of rotatable bonds is 3. The molecule has 7 heteroatoms. The van der Waals surface area contributed by atoms with Gasteiger partial charge in [0.2, 0.25) is 0 Å². The monoisotopic (exact) mass is 413 g/mol. The zero-order valence-corrected chi connectivity index (χ0v) is 14.6. The van der Waals surface area contributed by atoms with Crippen molar-refractivity contribution in [2.75, 3.05) is 5.32 Å². The largest absolute Gasteiger partial charge is 0.447 e. The maximum Gasteiger partial charge on any atom is 0.339 e. The number of aryl methyl sites for hydroxylation is 2. The van der Waals surface area contributed by atoms with Crippen molar-refractivity contribution < 1.29 is 9.21 Å². The molecule has 0 unspecified atom stereocenters. The van der Waals surface area contributed by atoms with Gasteiger partial charge in [-0.15, -0.1) is 0 Å². The predicted molar refractivity (Wildman–Crippen MR) is 89.8 cm³/mol. The number of furan rings is 1. The third-order valence-electron chi connectivity index (χ3n) is 2.65. The van der Waals surface area contributed by atoms with Crippen molar-refractivity contribution in [2.45, 2.75) is 13.8 Å². The second-order valence-corrected chi connectivity index (χ2v) is 5.99. The number of halogens is 2. The van der Waals surface area contributed by atoms with Crippen molar-refractivity contribution in [3.8, 4) is 0 Å².